The van der Waals surface area contributed by atoms with Crippen LogP contribution in [0.15, 0.2) is 24.5 Å². The molecule has 0 aliphatic carbocycles. The number of hydrogen-bond acceptors (Lipinski definition) is 11. The Morgan fingerprint density at radius 2 is 0.654 bits per heavy atom. The largest absolute Gasteiger partial charge is 0.619 e. The van der Waals surface area contributed by atoms with E-state index in [4.69, 9.17) is 23.7 Å². The summed E-state index contributed by atoms with van der Waals surface area (Å²) >= 11 is 0. The lowest BCUT2D eigenvalue weighted by Crippen LogP contribution is -2.49. The fourth-order valence-corrected chi connectivity index (χ4v) is 12.6. The summed E-state index contributed by atoms with van der Waals surface area (Å²) in [6.07, 6.45) is 22.2. The number of aromatic nitrogens is 1. The van der Waals surface area contributed by atoms with Crippen LogP contribution in [0.3, 0.4) is 0 Å². The lowest BCUT2D eigenvalue weighted by Gasteiger charge is -2.45. The van der Waals surface area contributed by atoms with Crippen LogP contribution in [-0.2, 0) is 47.7 Å². The third-order valence-corrected chi connectivity index (χ3v) is 18.2. The fraction of sp³-hybridized carbons (Fsp3) is 0.855. The van der Waals surface area contributed by atoms with Crippen molar-refractivity contribution in [3.05, 3.63) is 35.3 Å². The highest BCUT2D eigenvalue weighted by atomic mass is 16.6. The monoisotopic (exact) mass is 1140 g/mol. The van der Waals surface area contributed by atoms with Gasteiger partial charge in [-0.1, -0.05) is 172 Å². The van der Waals surface area contributed by atoms with Crippen molar-refractivity contribution in [1.82, 2.24) is 0 Å². The molecule has 0 radical (unpaired) electrons. The Morgan fingerprint density at radius 1 is 0.395 bits per heavy atom. The Labute approximate surface area is 495 Å². The van der Waals surface area contributed by atoms with Crippen LogP contribution in [0.4, 0.5) is 0 Å². The normalized spacial score (nSPS) is 17.1. The molecular formula is C69H123NO11. The third kappa shape index (κ3) is 26.4. The molecular weight excluding hydrogens is 1020 g/mol. The SMILES string of the molecule is CCCCC(CC)COC(=O)C(C)(C)CC(C)(CC(C)(CC(C)(CC(C)(CC(CC)c1cc[n+]([O-])cc1)C(=O)OCC(CC)CCCC)C(=O)OCC(CC)CCCC)C(=O)OCC(CC)CCCC)C(=O)OCC(CC)CCCC. The molecule has 470 valence electrons. The molecule has 12 heteroatoms. The first-order valence-electron chi connectivity index (χ1n) is 32.9. The summed E-state index contributed by atoms with van der Waals surface area (Å²) in [6.45, 7) is 35.2. The Kier molecular flexibility index (Phi) is 36.3. The van der Waals surface area contributed by atoms with Crippen molar-refractivity contribution < 1.29 is 52.4 Å². The van der Waals surface area contributed by atoms with Crippen LogP contribution in [0.2, 0.25) is 0 Å². The van der Waals surface area contributed by atoms with Gasteiger partial charge in [0.1, 0.15) is 0 Å². The van der Waals surface area contributed by atoms with Crippen LogP contribution in [0.1, 0.15) is 296 Å². The molecule has 0 saturated carbocycles. The van der Waals surface area contributed by atoms with Gasteiger partial charge in [0.05, 0.1) is 60.1 Å². The van der Waals surface area contributed by atoms with Crippen LogP contribution >= 0.6 is 0 Å². The van der Waals surface area contributed by atoms with Gasteiger partial charge in [0.2, 0.25) is 0 Å². The first-order valence-corrected chi connectivity index (χ1v) is 32.9. The molecule has 0 saturated heterocycles. The smallest absolute Gasteiger partial charge is 0.311 e. The molecule has 1 aromatic rings. The Morgan fingerprint density at radius 3 is 0.926 bits per heavy atom. The minimum absolute atomic E-state index is 0.0117. The Balaban J connectivity index is 4.48. The highest BCUT2D eigenvalue weighted by Crippen LogP contribution is 2.53. The number of ether oxygens (including phenoxy) is 5. The second kappa shape index (κ2) is 39.0. The van der Waals surface area contributed by atoms with Crippen LogP contribution in [0.5, 0.6) is 0 Å². The number of esters is 5. The van der Waals surface area contributed by atoms with E-state index in [0.717, 1.165) is 139 Å². The maximum Gasteiger partial charge on any atom is 0.311 e. The average molecular weight is 1140 g/mol. The van der Waals surface area contributed by atoms with E-state index in [1.165, 1.54) is 12.4 Å². The first-order chi connectivity index (χ1) is 38.3. The zero-order valence-electron chi connectivity index (χ0n) is 55.1. The number of carbonyl (C=O) groups is 5. The second-order valence-electron chi connectivity index (χ2n) is 26.7. The Bertz CT molecular complexity index is 1920. The minimum Gasteiger partial charge on any atom is -0.619 e. The lowest BCUT2D eigenvalue weighted by molar-refractivity contribution is -0.605. The number of rotatable bonds is 47. The molecule has 0 bridgehead atoms. The van der Waals surface area contributed by atoms with E-state index >= 15 is 19.2 Å². The highest BCUT2D eigenvalue weighted by Gasteiger charge is 2.56. The Hall–Kier alpha value is -3.70. The van der Waals surface area contributed by atoms with E-state index in [1.54, 1.807) is 39.8 Å². The summed E-state index contributed by atoms with van der Waals surface area (Å²) in [7, 11) is 0. The van der Waals surface area contributed by atoms with E-state index in [1.807, 2.05) is 13.8 Å². The first kappa shape index (κ1) is 75.3. The summed E-state index contributed by atoms with van der Waals surface area (Å²) < 4.78 is 32.7. The molecule has 0 aliphatic rings. The molecule has 0 aromatic carbocycles. The lowest BCUT2D eigenvalue weighted by atomic mass is 9.59. The summed E-state index contributed by atoms with van der Waals surface area (Å²) in [5, 5.41) is 12.3. The fourth-order valence-electron chi connectivity index (χ4n) is 12.6. The predicted molar refractivity (Wildman–Crippen MR) is 329 cm³/mol. The van der Waals surface area contributed by atoms with Crippen LogP contribution in [0.25, 0.3) is 0 Å². The zero-order chi connectivity index (χ0) is 61.3. The van der Waals surface area contributed by atoms with Gasteiger partial charge in [0.15, 0.2) is 12.4 Å². The van der Waals surface area contributed by atoms with Gasteiger partial charge in [-0.3, -0.25) is 24.0 Å². The molecule has 10 unspecified atom stereocenters. The molecule has 81 heavy (non-hydrogen) atoms. The minimum atomic E-state index is -1.58. The molecule has 0 spiro atoms. The van der Waals surface area contributed by atoms with Gasteiger partial charge in [0, 0.05) is 12.1 Å². The van der Waals surface area contributed by atoms with Crippen molar-refractivity contribution in [1.29, 1.82) is 0 Å². The summed E-state index contributed by atoms with van der Waals surface area (Å²) in [5.74, 6) is -2.03. The molecule has 0 amide bonds. The second-order valence-corrected chi connectivity index (χ2v) is 26.7. The van der Waals surface area contributed by atoms with Crippen LogP contribution in [-0.4, -0.2) is 62.9 Å². The molecule has 1 heterocycles. The van der Waals surface area contributed by atoms with Gasteiger partial charge in [-0.15, -0.1) is 0 Å². The summed E-state index contributed by atoms with van der Waals surface area (Å²) in [4.78, 5) is 76.5. The van der Waals surface area contributed by atoms with Crippen molar-refractivity contribution in [3.63, 3.8) is 0 Å². The van der Waals surface area contributed by atoms with Crippen molar-refractivity contribution in [2.45, 2.75) is 291 Å². The van der Waals surface area contributed by atoms with Gasteiger partial charge >= 0.3 is 29.8 Å². The van der Waals surface area contributed by atoms with Gasteiger partial charge in [-0.05, 0) is 153 Å². The number of carbonyl (C=O) groups excluding carboxylic acids is 5. The third-order valence-electron chi connectivity index (χ3n) is 18.2. The molecule has 1 rings (SSSR count). The number of unbranched alkanes of at least 4 members (excludes halogenated alkanes) is 5. The summed E-state index contributed by atoms with van der Waals surface area (Å²) in [5.41, 5.74) is -6.25. The van der Waals surface area contributed by atoms with Crippen molar-refractivity contribution in [2.24, 2.45) is 56.7 Å². The van der Waals surface area contributed by atoms with E-state index in [-0.39, 0.29) is 101 Å². The van der Waals surface area contributed by atoms with E-state index in [0.29, 0.717) is 6.42 Å². The van der Waals surface area contributed by atoms with E-state index < -0.39 is 56.9 Å². The van der Waals surface area contributed by atoms with E-state index in [2.05, 4.69) is 76.2 Å². The molecule has 1 aromatic heterocycles. The molecule has 0 aliphatic heterocycles. The molecule has 0 fully saturated rings. The van der Waals surface area contributed by atoms with Gasteiger partial charge < -0.3 is 28.9 Å². The van der Waals surface area contributed by atoms with Gasteiger partial charge in [-0.25, -0.2) is 0 Å². The topological polar surface area (TPSA) is 158 Å². The van der Waals surface area contributed by atoms with Crippen molar-refractivity contribution in [2.75, 3.05) is 33.0 Å². The molecule has 12 nitrogen and oxygen atoms in total. The van der Waals surface area contributed by atoms with E-state index in [9.17, 15) is 10.0 Å². The quantitative estimate of drug-likeness (QED) is 0.0265. The standard InChI is InChI=1S/C69H123NO11/c1-18-29-34-53(23-6)44-77-60(71)65(12,13)49-67(15,62(73)79-46-55(25-8)36-31-20-3)51-69(17,64(75)81-48-57(27-10)38-33-22-5)52-68(16,63(74)80-47-56(26-9)37-32-21-4)50-66(14,61(72)78-45-54(24-7)35-30-19-2)43-58(28-11)59-39-41-70(76)42-40-59/h39-42,53-58H,18-38,43-52H2,1-17H3. The van der Waals surface area contributed by atoms with Crippen LogP contribution in [0, 0.1) is 61.9 Å². The number of pyridine rings is 1. The van der Waals surface area contributed by atoms with Crippen LogP contribution < -0.4 is 4.73 Å². The average Bonchev–Trinajstić information content (AvgIpc) is 3.47. The predicted octanol–water partition coefficient (Wildman–Crippen LogP) is 17.6. The number of hydrogen-bond donors (Lipinski definition) is 0. The molecule has 10 atom stereocenters. The molecule has 0 N–H and O–H groups in total. The maximum absolute atomic E-state index is 15.7. The summed E-state index contributed by atoms with van der Waals surface area (Å²) in [6, 6.07) is 3.57. The van der Waals surface area contributed by atoms with Crippen molar-refractivity contribution in [3.8, 4) is 0 Å². The number of nitrogens with zero attached hydrogens (tertiary/aromatic N) is 1. The van der Waals surface area contributed by atoms with Gasteiger partial charge in [0.25, 0.3) is 0 Å². The van der Waals surface area contributed by atoms with Crippen molar-refractivity contribution >= 4 is 29.8 Å². The van der Waals surface area contributed by atoms with Gasteiger partial charge in [-0.2, -0.15) is 4.73 Å². The maximum atomic E-state index is 15.7. The highest BCUT2D eigenvalue weighted by molar-refractivity contribution is 5.85. The zero-order valence-corrected chi connectivity index (χ0v) is 55.1.